The van der Waals surface area contributed by atoms with Crippen LogP contribution in [0.5, 0.6) is 0 Å². The minimum absolute atomic E-state index is 0.0280. The Balaban J connectivity index is 1.59. The Bertz CT molecular complexity index is 974. The van der Waals surface area contributed by atoms with E-state index in [9.17, 15) is 4.79 Å². The predicted octanol–water partition coefficient (Wildman–Crippen LogP) is 3.31. The highest BCUT2D eigenvalue weighted by molar-refractivity contribution is 5.97. The molecule has 138 valence electrons. The molecule has 1 amide bonds. The second-order valence-corrected chi connectivity index (χ2v) is 6.55. The number of aromatic nitrogens is 3. The van der Waals surface area contributed by atoms with Crippen molar-refractivity contribution in [3.05, 3.63) is 54.9 Å². The molecule has 7 heteroatoms. The quantitative estimate of drug-likeness (QED) is 0.679. The van der Waals surface area contributed by atoms with Gasteiger partial charge in [-0.3, -0.25) is 4.79 Å². The molecule has 7 nitrogen and oxygen atoms in total. The fourth-order valence-corrected chi connectivity index (χ4v) is 3.40. The number of piperidine rings is 1. The van der Waals surface area contributed by atoms with Crippen molar-refractivity contribution < 1.29 is 9.21 Å². The molecule has 0 aliphatic carbocycles. The first-order valence-electron chi connectivity index (χ1n) is 8.95. The van der Waals surface area contributed by atoms with E-state index in [4.69, 9.17) is 4.42 Å². The Labute approximate surface area is 156 Å². The van der Waals surface area contributed by atoms with Gasteiger partial charge in [-0.05, 0) is 25.0 Å². The van der Waals surface area contributed by atoms with Crippen LogP contribution in [0.15, 0.2) is 48.2 Å². The van der Waals surface area contributed by atoms with Crippen LogP contribution in [0, 0.1) is 0 Å². The second-order valence-electron chi connectivity index (χ2n) is 6.55. The molecule has 3 aromatic heterocycles. The number of nitrogens with one attached hydrogen (secondary N) is 2. The third-order valence-corrected chi connectivity index (χ3v) is 4.75. The largest absolute Gasteiger partial charge is 0.472 e. The fraction of sp³-hybridized carbons (Fsp3) is 0.250. The normalized spacial score (nSPS) is 17.5. The van der Waals surface area contributed by atoms with Crippen LogP contribution < -0.4 is 5.32 Å². The summed E-state index contributed by atoms with van der Waals surface area (Å²) in [5, 5.41) is 4.44. The van der Waals surface area contributed by atoms with Gasteiger partial charge in [0.25, 0.3) is 0 Å². The highest BCUT2D eigenvalue weighted by Gasteiger charge is 2.23. The van der Waals surface area contributed by atoms with Crippen LogP contribution in [0.3, 0.4) is 0 Å². The van der Waals surface area contributed by atoms with Gasteiger partial charge in [-0.1, -0.05) is 18.7 Å². The van der Waals surface area contributed by atoms with Crippen molar-refractivity contribution >= 4 is 34.9 Å². The van der Waals surface area contributed by atoms with Gasteiger partial charge in [0, 0.05) is 36.5 Å². The molecular formula is C20H21N5O2. The molecule has 0 saturated carbocycles. The number of aromatic amines is 1. The minimum atomic E-state index is -0.0280. The molecule has 3 aromatic rings. The number of furan rings is 1. The first-order chi connectivity index (χ1) is 13.2. The number of nitrogens with zero attached hydrogens (tertiary/aromatic N) is 3. The zero-order valence-electron chi connectivity index (χ0n) is 14.9. The number of carbonyl (C=O) groups excluding carboxylic acids is 1. The summed E-state index contributed by atoms with van der Waals surface area (Å²) < 4.78 is 5.10. The highest BCUT2D eigenvalue weighted by Crippen LogP contribution is 2.27. The summed E-state index contributed by atoms with van der Waals surface area (Å²) in [7, 11) is 0. The topological polar surface area (TPSA) is 87.0 Å². The monoisotopic (exact) mass is 363 g/mol. The third kappa shape index (κ3) is 3.62. The smallest absolute Gasteiger partial charge is 0.246 e. The number of anilines is 1. The number of fused-ring (bicyclic) bond motifs is 1. The van der Waals surface area contributed by atoms with Crippen molar-refractivity contribution in [3.63, 3.8) is 0 Å². The summed E-state index contributed by atoms with van der Waals surface area (Å²) in [6, 6.07) is 2.04. The average molecular weight is 363 g/mol. The van der Waals surface area contributed by atoms with Gasteiger partial charge >= 0.3 is 0 Å². The maximum absolute atomic E-state index is 11.9. The van der Waals surface area contributed by atoms with Gasteiger partial charge < -0.3 is 19.6 Å². The molecule has 1 aliphatic rings. The van der Waals surface area contributed by atoms with E-state index in [0.717, 1.165) is 47.4 Å². The lowest BCUT2D eigenvalue weighted by Gasteiger charge is -2.32. The lowest BCUT2D eigenvalue weighted by Crippen LogP contribution is -2.44. The minimum Gasteiger partial charge on any atom is -0.472 e. The standard InChI is InChI=1S/C20H21N5O2/c1-2-17(26)25-8-3-4-16(11-25)24-20-18-15(6-5-14-7-9-27-12-14)10-21-19(18)22-13-23-20/h2,5-7,9-10,12-13,16H,1,3-4,8,11H2,(H2,21,22,23,24)/t16-/m1/s1. The highest BCUT2D eigenvalue weighted by atomic mass is 16.3. The van der Waals surface area contributed by atoms with Gasteiger partial charge in [-0.25, -0.2) is 9.97 Å². The summed E-state index contributed by atoms with van der Waals surface area (Å²) in [6.45, 7) is 4.99. The lowest BCUT2D eigenvalue weighted by molar-refractivity contribution is -0.127. The molecule has 2 N–H and O–H groups in total. The Morgan fingerprint density at radius 1 is 1.41 bits per heavy atom. The average Bonchev–Trinajstić information content (AvgIpc) is 3.36. The van der Waals surface area contributed by atoms with Crippen LogP contribution in [0.25, 0.3) is 23.2 Å². The molecule has 1 saturated heterocycles. The van der Waals surface area contributed by atoms with Crippen molar-refractivity contribution in [1.29, 1.82) is 0 Å². The summed E-state index contributed by atoms with van der Waals surface area (Å²) >= 11 is 0. The van der Waals surface area contributed by atoms with E-state index in [1.807, 2.05) is 29.3 Å². The molecule has 0 aromatic carbocycles. The lowest BCUT2D eigenvalue weighted by atomic mass is 10.1. The Hall–Kier alpha value is -3.35. The summed E-state index contributed by atoms with van der Waals surface area (Å²) in [6.07, 6.45) is 14.1. The molecule has 4 heterocycles. The summed E-state index contributed by atoms with van der Waals surface area (Å²) in [5.41, 5.74) is 2.75. The van der Waals surface area contributed by atoms with E-state index in [0.29, 0.717) is 6.54 Å². The van der Waals surface area contributed by atoms with Gasteiger partial charge in [0.15, 0.2) is 0 Å². The van der Waals surface area contributed by atoms with Crippen LogP contribution in [0.4, 0.5) is 5.82 Å². The molecule has 1 aliphatic heterocycles. The van der Waals surface area contributed by atoms with Crippen molar-refractivity contribution in [2.24, 2.45) is 0 Å². The number of H-pyrrole nitrogens is 1. The second kappa shape index (κ2) is 7.49. The number of rotatable bonds is 5. The number of amides is 1. The summed E-state index contributed by atoms with van der Waals surface area (Å²) in [4.78, 5) is 25.7. The Kier molecular flexibility index (Phi) is 4.74. The molecule has 1 fully saturated rings. The Morgan fingerprint density at radius 3 is 3.15 bits per heavy atom. The van der Waals surface area contributed by atoms with Crippen LogP contribution in [-0.2, 0) is 4.79 Å². The number of carbonyl (C=O) groups is 1. The van der Waals surface area contributed by atoms with Crippen LogP contribution in [0.1, 0.15) is 24.0 Å². The van der Waals surface area contributed by atoms with E-state index < -0.39 is 0 Å². The third-order valence-electron chi connectivity index (χ3n) is 4.75. The maximum Gasteiger partial charge on any atom is 0.246 e. The number of hydrogen-bond acceptors (Lipinski definition) is 5. The van der Waals surface area contributed by atoms with Crippen molar-refractivity contribution in [1.82, 2.24) is 19.9 Å². The van der Waals surface area contributed by atoms with Crippen molar-refractivity contribution in [2.45, 2.75) is 18.9 Å². The number of likely N-dealkylation sites (tertiary alicyclic amines) is 1. The number of hydrogen-bond donors (Lipinski definition) is 2. The summed E-state index contributed by atoms with van der Waals surface area (Å²) in [5.74, 6) is 0.741. The van der Waals surface area contributed by atoms with Gasteiger partial charge in [-0.15, -0.1) is 0 Å². The predicted molar refractivity (Wildman–Crippen MR) is 105 cm³/mol. The van der Waals surface area contributed by atoms with Gasteiger partial charge in [0.2, 0.25) is 5.91 Å². The van der Waals surface area contributed by atoms with E-state index >= 15 is 0 Å². The van der Waals surface area contributed by atoms with Gasteiger partial charge in [-0.2, -0.15) is 0 Å². The first-order valence-corrected chi connectivity index (χ1v) is 8.95. The van der Waals surface area contributed by atoms with Crippen LogP contribution in [0.2, 0.25) is 0 Å². The van der Waals surface area contributed by atoms with E-state index in [-0.39, 0.29) is 11.9 Å². The van der Waals surface area contributed by atoms with Crippen LogP contribution >= 0.6 is 0 Å². The molecule has 0 radical (unpaired) electrons. The van der Waals surface area contributed by atoms with E-state index in [1.54, 1.807) is 18.9 Å². The first kappa shape index (κ1) is 17.1. The van der Waals surface area contributed by atoms with E-state index in [2.05, 4.69) is 26.8 Å². The van der Waals surface area contributed by atoms with Crippen molar-refractivity contribution in [2.75, 3.05) is 18.4 Å². The molecule has 0 bridgehead atoms. The van der Waals surface area contributed by atoms with Gasteiger partial charge in [0.1, 0.15) is 17.8 Å². The van der Waals surface area contributed by atoms with Crippen molar-refractivity contribution in [3.8, 4) is 0 Å². The SMILES string of the molecule is C=CC(=O)N1CCC[C@@H](Nc2ncnc3[nH]cc(C=Cc4ccoc4)c23)C1. The maximum atomic E-state index is 11.9. The molecule has 4 rings (SSSR count). The Morgan fingerprint density at radius 2 is 2.33 bits per heavy atom. The van der Waals surface area contributed by atoms with Crippen LogP contribution in [-0.4, -0.2) is 44.9 Å². The van der Waals surface area contributed by atoms with Gasteiger partial charge in [0.05, 0.1) is 17.9 Å². The zero-order chi connectivity index (χ0) is 18.6. The molecule has 27 heavy (non-hydrogen) atoms. The molecule has 0 unspecified atom stereocenters. The zero-order valence-corrected chi connectivity index (χ0v) is 14.9. The fourth-order valence-electron chi connectivity index (χ4n) is 3.40. The molecule has 1 atom stereocenters. The molecule has 0 spiro atoms. The molecular weight excluding hydrogens is 342 g/mol. The van der Waals surface area contributed by atoms with E-state index in [1.165, 1.54) is 6.08 Å².